The van der Waals surface area contributed by atoms with Gasteiger partial charge in [-0.15, -0.1) is 23.5 Å². The fourth-order valence-corrected chi connectivity index (χ4v) is 8.90. The summed E-state index contributed by atoms with van der Waals surface area (Å²) in [6.07, 6.45) is 11.3. The molecule has 37 heavy (non-hydrogen) atoms. The van der Waals surface area contributed by atoms with Crippen molar-refractivity contribution in [1.82, 2.24) is 22.4 Å². The van der Waals surface area contributed by atoms with E-state index >= 15 is 0 Å². The van der Waals surface area contributed by atoms with Crippen LogP contribution in [0.4, 0.5) is 0 Å². The summed E-state index contributed by atoms with van der Waals surface area (Å²) in [7, 11) is 4.58. The van der Waals surface area contributed by atoms with Crippen molar-refractivity contribution < 1.29 is 28.5 Å². The minimum Gasteiger partial charge on any atom is -1.00 e. The molecule has 2 aromatic heterocycles. The normalized spacial score (nSPS) is 24.1. The summed E-state index contributed by atoms with van der Waals surface area (Å²) in [6, 6.07) is 0. The van der Waals surface area contributed by atoms with Gasteiger partial charge in [-0.25, -0.2) is 0 Å². The zero-order valence-corrected chi connectivity index (χ0v) is 28.2. The van der Waals surface area contributed by atoms with Gasteiger partial charge in [0, 0.05) is 24.5 Å². The summed E-state index contributed by atoms with van der Waals surface area (Å²) in [4.78, 5) is 2.60. The Kier molecular flexibility index (Phi) is 13.6. The third kappa shape index (κ3) is 9.11. The van der Waals surface area contributed by atoms with Crippen LogP contribution in [0.25, 0.3) is 5.57 Å². The van der Waals surface area contributed by atoms with Crippen LogP contribution in [-0.2, 0) is 0 Å². The van der Waals surface area contributed by atoms with E-state index in [4.69, 9.17) is 0 Å². The van der Waals surface area contributed by atoms with Gasteiger partial charge in [-0.3, -0.25) is 0 Å². The summed E-state index contributed by atoms with van der Waals surface area (Å²) in [5.74, 6) is 3.87. The minimum atomic E-state index is 0. The molecule has 0 saturated carbocycles. The lowest BCUT2D eigenvalue weighted by atomic mass is 9.78. The van der Waals surface area contributed by atoms with Crippen LogP contribution in [0.3, 0.4) is 0 Å². The lowest BCUT2D eigenvalue weighted by Gasteiger charge is -2.44. The molecule has 3 fully saturated rings. The van der Waals surface area contributed by atoms with Gasteiger partial charge in [0.25, 0.3) is 0 Å². The lowest BCUT2D eigenvalue weighted by molar-refractivity contribution is -0.883. The Morgan fingerprint density at radius 2 is 1.59 bits per heavy atom. The Labute approximate surface area is 258 Å². The molecule has 6 heterocycles. The highest BCUT2D eigenvalue weighted by molar-refractivity contribution is 7.99. The summed E-state index contributed by atoms with van der Waals surface area (Å²) < 4.78 is 19.2. The molecular weight excluding hydrogens is 652 g/mol. The third-order valence-electron chi connectivity index (χ3n) is 7.45. The molecule has 208 valence electrons. The van der Waals surface area contributed by atoms with Gasteiger partial charge in [0.05, 0.1) is 49.8 Å². The van der Waals surface area contributed by atoms with E-state index in [-0.39, 0.29) is 24.0 Å². The van der Waals surface area contributed by atoms with Crippen LogP contribution in [0, 0.1) is 5.92 Å². The van der Waals surface area contributed by atoms with Crippen molar-refractivity contribution in [3.8, 4) is 0 Å². The van der Waals surface area contributed by atoms with Crippen LogP contribution >= 0.6 is 47.0 Å². The van der Waals surface area contributed by atoms with E-state index in [9.17, 15) is 0 Å². The number of unbranched alkanes of at least 4 members (excludes halogenated alkanes) is 2. The van der Waals surface area contributed by atoms with Crippen molar-refractivity contribution in [2.24, 2.45) is 5.92 Å². The second-order valence-corrected chi connectivity index (χ2v) is 14.1. The first-order valence-electron chi connectivity index (χ1n) is 13.6. The molecule has 0 N–H and O–H groups in total. The van der Waals surface area contributed by atoms with Gasteiger partial charge in [-0.1, -0.05) is 32.8 Å². The van der Waals surface area contributed by atoms with Crippen LogP contribution in [0.1, 0.15) is 76.1 Å². The number of piperidine rings is 3. The highest BCUT2D eigenvalue weighted by Crippen LogP contribution is 2.41. The maximum absolute atomic E-state index is 4.62. The number of rotatable bonds is 10. The first-order chi connectivity index (χ1) is 17.5. The van der Waals surface area contributed by atoms with Crippen molar-refractivity contribution in [2.45, 2.75) is 74.8 Å². The fraction of sp³-hybridized carbons (Fsp3) is 0.769. The van der Waals surface area contributed by atoms with E-state index in [1.807, 2.05) is 23.5 Å². The van der Waals surface area contributed by atoms with E-state index in [1.165, 1.54) is 110 Å². The second-order valence-electron chi connectivity index (χ2n) is 10.9. The van der Waals surface area contributed by atoms with Crippen LogP contribution in [0.2, 0.25) is 0 Å². The van der Waals surface area contributed by atoms with Crippen molar-refractivity contribution in [3.05, 3.63) is 17.5 Å². The number of nitrogens with zero attached hydrogens (tertiary/aromatic N) is 6. The van der Waals surface area contributed by atoms with Gasteiger partial charge in [0.2, 0.25) is 0 Å². The molecule has 4 aliphatic rings. The molecule has 4 aliphatic heterocycles. The van der Waals surface area contributed by atoms with Crippen molar-refractivity contribution in [2.75, 3.05) is 58.3 Å². The quantitative estimate of drug-likeness (QED) is 0.163. The van der Waals surface area contributed by atoms with Crippen LogP contribution in [-0.4, -0.2) is 85.2 Å². The van der Waals surface area contributed by atoms with E-state index < -0.39 is 0 Å². The van der Waals surface area contributed by atoms with Gasteiger partial charge >= 0.3 is 0 Å². The largest absolute Gasteiger partial charge is 1.00 e. The maximum Gasteiger partial charge on any atom is 0.138 e. The zero-order valence-electron chi connectivity index (χ0n) is 22.8. The number of hydrogen-bond donors (Lipinski definition) is 0. The molecule has 3 saturated heterocycles. The molecule has 2 bridgehead atoms. The van der Waals surface area contributed by atoms with E-state index in [1.54, 1.807) is 0 Å². The van der Waals surface area contributed by atoms with Crippen molar-refractivity contribution in [1.29, 1.82) is 0 Å². The monoisotopic (exact) mass is 694 g/mol. The number of hydrogen-bond acceptors (Lipinski definition) is 9. The zero-order chi connectivity index (χ0) is 25.4. The fourth-order valence-electron chi connectivity index (χ4n) is 5.25. The summed E-state index contributed by atoms with van der Waals surface area (Å²) >= 11 is 6.53. The number of aromatic nitrogens is 4. The van der Waals surface area contributed by atoms with Gasteiger partial charge in [0.1, 0.15) is 22.3 Å². The Morgan fingerprint density at radius 1 is 0.946 bits per heavy atom. The molecule has 0 spiro atoms. The number of thioether (sulfide) groups is 2. The second kappa shape index (κ2) is 15.9. The van der Waals surface area contributed by atoms with Crippen molar-refractivity contribution in [3.63, 3.8) is 0 Å². The highest BCUT2D eigenvalue weighted by Gasteiger charge is 2.37. The molecular formula is C26H43IN6S4. The number of quaternary nitrogens is 1. The molecule has 6 rings (SSSR count). The Morgan fingerprint density at radius 3 is 2.22 bits per heavy atom. The summed E-state index contributed by atoms with van der Waals surface area (Å²) in [6.45, 7) is 10.6. The van der Waals surface area contributed by atoms with Crippen LogP contribution < -0.4 is 24.0 Å². The average Bonchev–Trinajstić information content (AvgIpc) is 3.55. The van der Waals surface area contributed by atoms with E-state index in [2.05, 4.69) is 56.4 Å². The number of likely N-dealkylation sites (N-methyl/N-ethyl adjacent to an activating group) is 1. The first-order valence-corrected chi connectivity index (χ1v) is 17.1. The molecule has 6 nitrogen and oxygen atoms in total. The minimum absolute atomic E-state index is 0. The van der Waals surface area contributed by atoms with Gasteiger partial charge in [0.15, 0.2) is 0 Å². The average molecular weight is 695 g/mol. The molecule has 0 radical (unpaired) electrons. The van der Waals surface area contributed by atoms with Crippen LogP contribution in [0.15, 0.2) is 16.1 Å². The predicted molar refractivity (Wildman–Crippen MR) is 157 cm³/mol. The topological polar surface area (TPSA) is 54.8 Å². The Hall–Kier alpha value is 0.210. The SMILES string of the molecule is CCCCSc1nsnc1C1=CCC[N+](C)(C)C1.CCCCSc1nsnc1C1CN2CCC1CC2.[I-]. The van der Waals surface area contributed by atoms with E-state index in [0.29, 0.717) is 5.92 Å². The van der Waals surface area contributed by atoms with Gasteiger partial charge in [-0.2, -0.15) is 17.5 Å². The first kappa shape index (κ1) is 31.7. The summed E-state index contributed by atoms with van der Waals surface area (Å²) in [5.41, 5.74) is 3.85. The smallest absolute Gasteiger partial charge is 0.138 e. The molecule has 11 heteroatoms. The number of fused-ring (bicyclic) bond motifs is 3. The maximum atomic E-state index is 4.62. The highest BCUT2D eigenvalue weighted by atomic mass is 127. The molecule has 0 aliphatic carbocycles. The van der Waals surface area contributed by atoms with Crippen molar-refractivity contribution >= 4 is 52.6 Å². The lowest BCUT2D eigenvalue weighted by Crippen LogP contribution is -3.00. The standard InChI is InChI=1S/C13H21N3S2.C13H22N3S2.HI/c1-2-3-8-17-13-12(14-18-15-13)11-9-16-6-4-10(11)5-7-16;1-4-5-9-17-13-12(14-18-15-13)11-7-6-8-16(2,3)10-11;/h10-11H,2-9H2,1H3;7H,4-6,8-10H2,1-3H3;1H/q;+1;/p-1. The molecule has 1 unspecified atom stereocenters. The van der Waals surface area contributed by atoms with Gasteiger partial charge in [-0.05, 0) is 56.2 Å². The predicted octanol–water partition coefficient (Wildman–Crippen LogP) is 3.54. The summed E-state index contributed by atoms with van der Waals surface area (Å²) in [5, 5.41) is 2.37. The Bertz CT molecular complexity index is 970. The van der Waals surface area contributed by atoms with E-state index in [0.717, 1.165) is 39.8 Å². The van der Waals surface area contributed by atoms with Crippen LogP contribution in [0.5, 0.6) is 0 Å². The molecule has 0 amide bonds. The molecule has 1 atom stereocenters. The third-order valence-corrected chi connectivity index (χ3v) is 10.9. The molecule has 0 aromatic carbocycles. The Balaban J connectivity index is 0.000000200. The van der Waals surface area contributed by atoms with Gasteiger partial charge < -0.3 is 33.4 Å². The number of halogens is 1. The molecule has 2 aromatic rings.